The zero-order valence-corrected chi connectivity index (χ0v) is 55.5. The van der Waals surface area contributed by atoms with Crippen molar-refractivity contribution in [1.29, 1.82) is 0 Å². The third-order valence-corrected chi connectivity index (χ3v) is 19.5. The number of hydrogen-bond donors (Lipinski definition) is 9. The molecule has 0 amide bonds. The van der Waals surface area contributed by atoms with E-state index in [9.17, 15) is 0 Å². The third-order valence-electron chi connectivity index (χ3n) is 14.8. The van der Waals surface area contributed by atoms with E-state index < -0.39 is 0 Å². The van der Waals surface area contributed by atoms with Gasteiger partial charge in [-0.1, -0.05) is 35.7 Å². The van der Waals surface area contributed by atoms with E-state index in [0.717, 1.165) is 135 Å². The second-order valence-electron chi connectivity index (χ2n) is 21.7. The summed E-state index contributed by atoms with van der Waals surface area (Å²) in [6.07, 6.45) is 17.4. The van der Waals surface area contributed by atoms with Gasteiger partial charge in [-0.15, -0.1) is 34.0 Å². The first-order valence-electron chi connectivity index (χ1n) is 30.5. The summed E-state index contributed by atoms with van der Waals surface area (Å²) >= 11 is 8.17. The summed E-state index contributed by atoms with van der Waals surface area (Å²) in [5.74, 6) is 4.94. The van der Waals surface area contributed by atoms with Crippen LogP contribution < -0.4 is 36.6 Å². The largest absolute Gasteiger partial charge is 0.438 e. The standard InChI is InChI=1S/2C24H17N7S2.C23H16N8OS/c1-3-16(12-18(4-1)33-19-5-2-9-25-14-19)28-24-29-21-8-10-32-22(21)23(30-24)27-17-6-7-20-15(11-17)13-26-31-20;1-2-16(13-19(3-1)33-18-6-9-25-10-7-18)28-24-29-21-8-11-32-22(21)23(30-24)27-17-4-5-20-15(12-17)14-26-31-20;1-4-17(32-20-13-24-8-9-25-20)5-2-15(1)28-23-29-19-7-10-33-21(19)22(30-23)27-16-3-6-18-14(11-16)12-26-31-18/h2*1-14H,(H,26,31)(H2,27,28,29,30);1-13H,(H,26,31)(H2,27,28,29,30). The fraction of sp³-hybridized carbons (Fsp3) is 0. The van der Waals surface area contributed by atoms with Crippen LogP contribution in [-0.2, 0) is 0 Å². The van der Waals surface area contributed by atoms with Crippen LogP contribution in [0.5, 0.6) is 11.6 Å². The van der Waals surface area contributed by atoms with Crippen LogP contribution in [0.15, 0.2) is 268 Å². The Bertz CT molecular complexity index is 5560. The lowest BCUT2D eigenvalue weighted by Crippen LogP contribution is -2.01. The molecule has 9 N–H and O–H groups in total. The van der Waals surface area contributed by atoms with Gasteiger partial charge in [-0.25, -0.2) is 19.9 Å². The van der Waals surface area contributed by atoms with E-state index in [2.05, 4.69) is 112 Å². The number of rotatable bonds is 18. The van der Waals surface area contributed by atoms with Crippen molar-refractivity contribution in [2.45, 2.75) is 19.6 Å². The smallest absolute Gasteiger partial charge is 0.237 e. The van der Waals surface area contributed by atoms with E-state index in [4.69, 9.17) is 29.7 Å². The third kappa shape index (κ3) is 14.8. The molecule has 18 aromatic rings. The molecule has 480 valence electrons. The number of H-pyrrole nitrogens is 3. The van der Waals surface area contributed by atoms with Crippen molar-refractivity contribution in [3.05, 3.63) is 248 Å². The van der Waals surface area contributed by atoms with Crippen molar-refractivity contribution >= 4 is 190 Å². The number of aromatic nitrogens is 16. The highest BCUT2D eigenvalue weighted by Gasteiger charge is 2.16. The molecule has 0 aliphatic carbocycles. The van der Waals surface area contributed by atoms with Gasteiger partial charge in [0.05, 0.1) is 72.0 Å². The maximum atomic E-state index is 5.69. The van der Waals surface area contributed by atoms with Crippen LogP contribution in [0.25, 0.3) is 63.4 Å². The summed E-state index contributed by atoms with van der Waals surface area (Å²) in [6.45, 7) is 0. The van der Waals surface area contributed by atoms with E-state index in [1.54, 1.807) is 101 Å². The molecule has 0 aliphatic heterocycles. The summed E-state index contributed by atoms with van der Waals surface area (Å²) < 4.78 is 8.70. The number of ether oxygens (including phenoxy) is 1. The van der Waals surface area contributed by atoms with E-state index in [-0.39, 0.29) is 0 Å². The van der Waals surface area contributed by atoms with Crippen LogP contribution in [0.1, 0.15) is 0 Å². The fourth-order valence-electron chi connectivity index (χ4n) is 10.3. The summed E-state index contributed by atoms with van der Waals surface area (Å²) in [4.78, 5) is 49.2. The van der Waals surface area contributed by atoms with Crippen molar-refractivity contribution in [3.63, 3.8) is 0 Å². The fourth-order valence-corrected chi connectivity index (χ4v) is 14.4. The Kier molecular flexibility index (Phi) is 17.7. The number of thiophene rings is 3. The summed E-state index contributed by atoms with van der Waals surface area (Å²) in [6, 6.07) is 56.0. The number of hydrogen-bond acceptors (Lipinski definition) is 25. The Morgan fingerprint density at radius 1 is 0.333 bits per heavy atom. The van der Waals surface area contributed by atoms with E-state index in [1.807, 2.05) is 180 Å². The Morgan fingerprint density at radius 2 is 0.778 bits per heavy atom. The first kappa shape index (κ1) is 61.4. The molecular weight excluding hydrogens is 1340 g/mol. The van der Waals surface area contributed by atoms with Crippen LogP contribution >= 0.6 is 57.5 Å². The lowest BCUT2D eigenvalue weighted by atomic mass is 10.2. The molecule has 0 spiro atoms. The minimum absolute atomic E-state index is 0.439. The molecule has 0 unspecified atom stereocenters. The molecule has 0 bridgehead atoms. The van der Waals surface area contributed by atoms with E-state index >= 15 is 0 Å². The van der Waals surface area contributed by atoms with Crippen LogP contribution in [-0.4, -0.2) is 80.4 Å². The topological polar surface area (TPSA) is 296 Å². The summed E-state index contributed by atoms with van der Waals surface area (Å²) in [5.41, 5.74) is 11.1. The molecule has 18 rings (SSSR count). The molecule has 0 fully saturated rings. The first-order chi connectivity index (χ1) is 48.9. The second-order valence-corrected chi connectivity index (χ2v) is 26.7. The van der Waals surface area contributed by atoms with Gasteiger partial charge in [-0.2, -0.15) is 30.2 Å². The van der Waals surface area contributed by atoms with Gasteiger partial charge in [0.1, 0.15) is 5.75 Å². The minimum Gasteiger partial charge on any atom is -0.438 e. The van der Waals surface area contributed by atoms with Crippen molar-refractivity contribution in [2.24, 2.45) is 0 Å². The molecule has 0 atom stereocenters. The molecule has 0 saturated carbocycles. The zero-order chi connectivity index (χ0) is 66.1. The molecule has 6 aromatic carbocycles. The minimum atomic E-state index is 0.439. The molecule has 99 heavy (non-hydrogen) atoms. The quantitative estimate of drug-likeness (QED) is 0.0386. The van der Waals surface area contributed by atoms with Crippen molar-refractivity contribution in [2.75, 3.05) is 31.9 Å². The number of pyridine rings is 2. The maximum Gasteiger partial charge on any atom is 0.237 e. The van der Waals surface area contributed by atoms with Crippen molar-refractivity contribution < 1.29 is 4.74 Å². The van der Waals surface area contributed by atoms with Gasteiger partial charge in [-0.05, 0) is 174 Å². The predicted octanol–water partition coefficient (Wildman–Crippen LogP) is 18.8. The highest BCUT2D eigenvalue weighted by atomic mass is 32.2. The first-order valence-corrected chi connectivity index (χ1v) is 34.7. The SMILES string of the molecule is c1cc(Nc2nc(Nc3ccc4[nH]ncc4c3)c3sccc3n2)cc(Sc2ccncc2)c1.c1cnc(Oc2ccc(Nc3nc(Nc4ccc5[nH]ncc5c4)c4sccc4n3)cc2)cn1.c1cncc(Sc2cccc(Nc3nc(Nc4ccc5[nH]ncc5c4)c4sccc4n3)c2)c1. The van der Waals surface area contributed by atoms with E-state index in [1.165, 1.54) is 0 Å². The maximum absolute atomic E-state index is 5.69. The van der Waals surface area contributed by atoms with Gasteiger partial charge in [0, 0.05) is 107 Å². The molecule has 0 radical (unpaired) electrons. The molecule has 0 aliphatic rings. The zero-order valence-electron chi connectivity index (χ0n) is 51.4. The average Bonchev–Trinajstić information content (AvgIpc) is 1.74. The Labute approximate surface area is 582 Å². The van der Waals surface area contributed by atoms with Gasteiger partial charge in [0.25, 0.3) is 0 Å². The molecular formula is C71H50N22OS5. The second kappa shape index (κ2) is 28.5. The van der Waals surface area contributed by atoms with Gasteiger partial charge in [0.2, 0.25) is 23.7 Å². The van der Waals surface area contributed by atoms with Crippen molar-refractivity contribution in [1.82, 2.24) is 80.4 Å². The van der Waals surface area contributed by atoms with Gasteiger partial charge in [0.15, 0.2) is 17.5 Å². The van der Waals surface area contributed by atoms with E-state index in [0.29, 0.717) is 29.5 Å². The van der Waals surface area contributed by atoms with Gasteiger partial charge >= 0.3 is 0 Å². The number of anilines is 12. The average molecular weight is 1390 g/mol. The van der Waals surface area contributed by atoms with Gasteiger partial charge in [-0.3, -0.25) is 30.2 Å². The molecule has 0 saturated heterocycles. The lowest BCUT2D eigenvalue weighted by Gasteiger charge is -2.11. The van der Waals surface area contributed by atoms with Crippen LogP contribution in [0.2, 0.25) is 0 Å². The highest BCUT2D eigenvalue weighted by Crippen LogP contribution is 2.37. The van der Waals surface area contributed by atoms with Crippen LogP contribution in [0, 0.1) is 0 Å². The Hall–Kier alpha value is -12.5. The highest BCUT2D eigenvalue weighted by molar-refractivity contribution is 7.99. The normalized spacial score (nSPS) is 11.1. The van der Waals surface area contributed by atoms with Crippen LogP contribution in [0.3, 0.4) is 0 Å². The van der Waals surface area contributed by atoms with Gasteiger partial charge < -0.3 is 36.6 Å². The molecule has 23 nitrogen and oxygen atoms in total. The molecule has 12 heterocycles. The summed E-state index contributed by atoms with van der Waals surface area (Å²) in [7, 11) is 0. The number of aromatic amines is 3. The number of nitrogens with one attached hydrogen (secondary N) is 9. The predicted molar refractivity (Wildman–Crippen MR) is 398 cm³/mol. The van der Waals surface area contributed by atoms with Crippen LogP contribution in [0.4, 0.5) is 69.4 Å². The number of fused-ring (bicyclic) bond motifs is 6. The molecule has 28 heteroatoms. The lowest BCUT2D eigenvalue weighted by molar-refractivity contribution is 0.460. The Morgan fingerprint density at radius 3 is 1.24 bits per heavy atom. The molecule has 12 aromatic heterocycles. The number of benzene rings is 6. The number of nitrogens with zero attached hydrogens (tertiary/aromatic N) is 13. The summed E-state index contributed by atoms with van der Waals surface area (Å²) in [5, 5.41) is 50.7. The monoisotopic (exact) mass is 1390 g/mol. The van der Waals surface area contributed by atoms with Crippen molar-refractivity contribution in [3.8, 4) is 11.6 Å². The Balaban J connectivity index is 0.000000116.